The van der Waals surface area contributed by atoms with Crippen molar-refractivity contribution < 1.29 is 14.7 Å². The van der Waals surface area contributed by atoms with E-state index >= 15 is 0 Å². The highest BCUT2D eigenvalue weighted by Gasteiger charge is 2.33. The van der Waals surface area contributed by atoms with E-state index in [4.69, 9.17) is 5.73 Å². The van der Waals surface area contributed by atoms with Crippen LogP contribution in [0.4, 0.5) is 0 Å². The summed E-state index contributed by atoms with van der Waals surface area (Å²) in [5.41, 5.74) is 7.67. The van der Waals surface area contributed by atoms with Gasteiger partial charge in [-0.2, -0.15) is 0 Å². The number of aliphatic carboxylic acids is 1. The van der Waals surface area contributed by atoms with E-state index in [-0.39, 0.29) is 24.4 Å². The average Bonchev–Trinajstić information content (AvgIpc) is 2.57. The lowest BCUT2D eigenvalue weighted by molar-refractivity contribution is -0.133. The molecule has 1 amide bonds. The van der Waals surface area contributed by atoms with E-state index in [1.165, 1.54) is 12.5 Å². The normalized spacial score (nSPS) is 24.3. The van der Waals surface area contributed by atoms with Crippen molar-refractivity contribution in [2.24, 2.45) is 5.73 Å². The van der Waals surface area contributed by atoms with Gasteiger partial charge in [0.2, 0.25) is 5.91 Å². The van der Waals surface area contributed by atoms with Gasteiger partial charge in [0.15, 0.2) is 0 Å². The predicted octanol–water partition coefficient (Wildman–Crippen LogP) is 1.39. The molecule has 0 aliphatic heterocycles. The number of carboxylic acid groups (broad SMARTS) is 1. The molecule has 6 nitrogen and oxygen atoms in total. The Bertz CT molecular complexity index is 630. The second kappa shape index (κ2) is 8.78. The number of carboxylic acids is 1. The van der Waals surface area contributed by atoms with Gasteiger partial charge in [0.25, 0.3) is 0 Å². The molecule has 0 saturated carbocycles. The van der Waals surface area contributed by atoms with Crippen LogP contribution in [0.3, 0.4) is 0 Å². The van der Waals surface area contributed by atoms with Crippen LogP contribution in [0, 0.1) is 0 Å². The van der Waals surface area contributed by atoms with Gasteiger partial charge in [0.05, 0.1) is 6.04 Å². The second-order valence-electron chi connectivity index (χ2n) is 6.67. The molecule has 0 bridgehead atoms. The predicted molar refractivity (Wildman–Crippen MR) is 97.2 cm³/mol. The summed E-state index contributed by atoms with van der Waals surface area (Å²) in [6.07, 6.45) is 2.83. The van der Waals surface area contributed by atoms with Gasteiger partial charge >= 0.3 is 5.97 Å². The highest BCUT2D eigenvalue weighted by molar-refractivity contribution is 5.87. The van der Waals surface area contributed by atoms with Gasteiger partial charge in [-0.3, -0.25) is 4.79 Å². The van der Waals surface area contributed by atoms with Crippen LogP contribution in [-0.2, 0) is 9.59 Å². The van der Waals surface area contributed by atoms with Crippen LogP contribution >= 0.6 is 0 Å². The van der Waals surface area contributed by atoms with Gasteiger partial charge in [0, 0.05) is 24.6 Å². The lowest BCUT2D eigenvalue weighted by atomic mass is 9.86. The van der Waals surface area contributed by atoms with Gasteiger partial charge in [-0.1, -0.05) is 43.3 Å². The Hall–Kier alpha value is -2.18. The quantitative estimate of drug-likeness (QED) is 0.598. The molecule has 4 atom stereocenters. The van der Waals surface area contributed by atoms with Crippen LogP contribution in [0.15, 0.2) is 42.0 Å². The SMILES string of the molecule is CC(=O)N[C@@H]1[C@@H](N)CC(C(=O)O)=C[C@H]1NCCC(C)c1ccccc1. The molecule has 5 N–H and O–H groups in total. The molecule has 1 unspecified atom stereocenters. The fourth-order valence-corrected chi connectivity index (χ4v) is 3.23. The maximum atomic E-state index is 11.5. The van der Waals surface area contributed by atoms with Crippen molar-refractivity contribution in [3.8, 4) is 0 Å². The summed E-state index contributed by atoms with van der Waals surface area (Å²) in [6, 6.07) is 9.21. The van der Waals surface area contributed by atoms with Crippen molar-refractivity contribution in [2.75, 3.05) is 6.54 Å². The Morgan fingerprint density at radius 3 is 2.60 bits per heavy atom. The molecular formula is C19H27N3O3. The third kappa shape index (κ3) is 5.41. The molecule has 2 rings (SSSR count). The molecule has 1 aliphatic carbocycles. The smallest absolute Gasteiger partial charge is 0.331 e. The third-order valence-corrected chi connectivity index (χ3v) is 4.66. The standard InChI is InChI=1S/C19H27N3O3/c1-12(14-6-4-3-5-7-14)8-9-21-17-11-15(19(24)25)10-16(20)18(17)22-13(2)23/h3-7,11-12,16-18,21H,8-10,20H2,1-2H3,(H,22,23)(H,24,25)/t12?,16-,17+,18+/m0/s1. The molecule has 136 valence electrons. The zero-order valence-corrected chi connectivity index (χ0v) is 14.7. The van der Waals surface area contributed by atoms with E-state index < -0.39 is 12.0 Å². The molecule has 25 heavy (non-hydrogen) atoms. The zero-order chi connectivity index (χ0) is 18.4. The molecule has 1 aromatic carbocycles. The fourth-order valence-electron chi connectivity index (χ4n) is 3.23. The molecule has 0 saturated heterocycles. The van der Waals surface area contributed by atoms with Gasteiger partial charge < -0.3 is 21.5 Å². The Kier molecular flexibility index (Phi) is 6.73. The number of benzene rings is 1. The highest BCUT2D eigenvalue weighted by atomic mass is 16.4. The van der Waals surface area contributed by atoms with Crippen molar-refractivity contribution >= 4 is 11.9 Å². The van der Waals surface area contributed by atoms with E-state index in [0.717, 1.165) is 6.42 Å². The van der Waals surface area contributed by atoms with E-state index in [2.05, 4.69) is 29.7 Å². The maximum Gasteiger partial charge on any atom is 0.331 e. The minimum atomic E-state index is -0.957. The van der Waals surface area contributed by atoms with Crippen molar-refractivity contribution in [3.63, 3.8) is 0 Å². The minimum absolute atomic E-state index is 0.169. The van der Waals surface area contributed by atoms with Crippen LogP contribution in [0.5, 0.6) is 0 Å². The van der Waals surface area contributed by atoms with Gasteiger partial charge in [-0.15, -0.1) is 0 Å². The second-order valence-corrected chi connectivity index (χ2v) is 6.67. The monoisotopic (exact) mass is 345 g/mol. The third-order valence-electron chi connectivity index (χ3n) is 4.66. The number of amides is 1. The molecule has 0 radical (unpaired) electrons. The molecule has 0 spiro atoms. The van der Waals surface area contributed by atoms with Gasteiger partial charge in [-0.25, -0.2) is 4.79 Å². The number of nitrogens with one attached hydrogen (secondary N) is 2. The number of carbonyl (C=O) groups is 2. The zero-order valence-electron chi connectivity index (χ0n) is 14.7. The molecule has 0 heterocycles. The lowest BCUT2D eigenvalue weighted by Gasteiger charge is -2.35. The molecule has 0 fully saturated rings. The van der Waals surface area contributed by atoms with Crippen molar-refractivity contribution in [1.29, 1.82) is 0 Å². The highest BCUT2D eigenvalue weighted by Crippen LogP contribution is 2.21. The summed E-state index contributed by atoms with van der Waals surface area (Å²) in [6.45, 7) is 4.30. The Balaban J connectivity index is 2.00. The van der Waals surface area contributed by atoms with E-state index in [0.29, 0.717) is 18.0 Å². The first-order valence-electron chi connectivity index (χ1n) is 8.63. The van der Waals surface area contributed by atoms with Crippen LogP contribution in [0.1, 0.15) is 38.2 Å². The van der Waals surface area contributed by atoms with E-state index in [1.807, 2.05) is 18.2 Å². The summed E-state index contributed by atoms with van der Waals surface area (Å²) in [5, 5.41) is 15.5. The molecule has 6 heteroatoms. The number of carbonyl (C=O) groups excluding carboxylic acids is 1. The molecule has 1 aromatic rings. The summed E-state index contributed by atoms with van der Waals surface area (Å²) in [7, 11) is 0. The number of hydrogen-bond donors (Lipinski definition) is 4. The van der Waals surface area contributed by atoms with Crippen LogP contribution < -0.4 is 16.4 Å². The number of hydrogen-bond acceptors (Lipinski definition) is 4. The first kappa shape index (κ1) is 19.1. The fraction of sp³-hybridized carbons (Fsp3) is 0.474. The summed E-state index contributed by atoms with van der Waals surface area (Å²) < 4.78 is 0. The molecule has 0 aromatic heterocycles. The summed E-state index contributed by atoms with van der Waals surface area (Å²) >= 11 is 0. The minimum Gasteiger partial charge on any atom is -0.478 e. The Labute approximate surface area is 148 Å². The lowest BCUT2D eigenvalue weighted by Crippen LogP contribution is -2.60. The van der Waals surface area contributed by atoms with Gasteiger partial charge in [-0.05, 0) is 30.9 Å². The first-order valence-corrected chi connectivity index (χ1v) is 8.63. The molecular weight excluding hydrogens is 318 g/mol. The van der Waals surface area contributed by atoms with Crippen LogP contribution in [0.2, 0.25) is 0 Å². The first-order chi connectivity index (χ1) is 11.9. The summed E-state index contributed by atoms with van der Waals surface area (Å²) in [4.78, 5) is 22.8. The van der Waals surface area contributed by atoms with Gasteiger partial charge in [0.1, 0.15) is 0 Å². The topological polar surface area (TPSA) is 104 Å². The number of rotatable bonds is 7. The van der Waals surface area contributed by atoms with Crippen molar-refractivity contribution in [3.05, 3.63) is 47.5 Å². The van der Waals surface area contributed by atoms with Crippen LogP contribution in [-0.4, -0.2) is 41.7 Å². The largest absolute Gasteiger partial charge is 0.478 e. The average molecular weight is 345 g/mol. The van der Waals surface area contributed by atoms with E-state index in [1.54, 1.807) is 6.08 Å². The van der Waals surface area contributed by atoms with E-state index in [9.17, 15) is 14.7 Å². The Morgan fingerprint density at radius 2 is 2.00 bits per heavy atom. The van der Waals surface area contributed by atoms with Crippen molar-refractivity contribution in [2.45, 2.75) is 50.7 Å². The number of nitrogens with two attached hydrogens (primary N) is 1. The Morgan fingerprint density at radius 1 is 1.32 bits per heavy atom. The van der Waals surface area contributed by atoms with Crippen molar-refractivity contribution in [1.82, 2.24) is 10.6 Å². The molecule has 1 aliphatic rings. The summed E-state index contributed by atoms with van der Waals surface area (Å²) in [5.74, 6) is -0.744. The maximum absolute atomic E-state index is 11.5. The van der Waals surface area contributed by atoms with Crippen LogP contribution in [0.25, 0.3) is 0 Å².